The van der Waals surface area contributed by atoms with Crippen LogP contribution in [0.5, 0.6) is 0 Å². The van der Waals surface area contributed by atoms with E-state index in [4.69, 9.17) is 4.74 Å². The number of benzene rings is 2. The first-order valence-electron chi connectivity index (χ1n) is 7.59. The fourth-order valence-electron chi connectivity index (χ4n) is 2.74. The summed E-state index contributed by atoms with van der Waals surface area (Å²) in [6, 6.07) is 10.6. The van der Waals surface area contributed by atoms with Crippen LogP contribution in [0.3, 0.4) is 0 Å². The summed E-state index contributed by atoms with van der Waals surface area (Å²) in [5.74, 6) is -0.643. The van der Waals surface area contributed by atoms with Crippen molar-refractivity contribution >= 4 is 24.0 Å². The van der Waals surface area contributed by atoms with Crippen LogP contribution in [0.4, 0.5) is 10.1 Å². The lowest BCUT2D eigenvalue weighted by molar-refractivity contribution is 0.102. The summed E-state index contributed by atoms with van der Waals surface area (Å²) in [6.07, 6.45) is 0.636. The van der Waals surface area contributed by atoms with Crippen molar-refractivity contribution in [1.29, 1.82) is 0 Å². The zero-order valence-electron chi connectivity index (χ0n) is 13.4. The summed E-state index contributed by atoms with van der Waals surface area (Å²) in [5, 5.41) is 5.87. The predicted molar refractivity (Wildman–Crippen MR) is 94.2 cm³/mol. The largest absolute Gasteiger partial charge is 0.380 e. The van der Waals surface area contributed by atoms with Gasteiger partial charge in [-0.05, 0) is 47.9 Å². The van der Waals surface area contributed by atoms with Gasteiger partial charge in [-0.25, -0.2) is 4.39 Å². The highest BCUT2D eigenvalue weighted by atomic mass is 35.5. The summed E-state index contributed by atoms with van der Waals surface area (Å²) in [5.41, 5.74) is 3.35. The summed E-state index contributed by atoms with van der Waals surface area (Å²) in [4.78, 5) is 12.3. The van der Waals surface area contributed by atoms with Crippen LogP contribution >= 0.6 is 12.4 Å². The Morgan fingerprint density at radius 3 is 2.71 bits per heavy atom. The summed E-state index contributed by atoms with van der Waals surface area (Å²) in [6.45, 7) is 1.92. The first-order valence-corrected chi connectivity index (χ1v) is 7.59. The maximum Gasteiger partial charge on any atom is 0.255 e. The normalized spacial score (nSPS) is 12.9. The summed E-state index contributed by atoms with van der Waals surface area (Å²) < 4.78 is 19.6. The molecule has 2 N–H and O–H groups in total. The average molecular weight is 351 g/mol. The molecule has 2 aromatic rings. The van der Waals surface area contributed by atoms with Crippen molar-refractivity contribution < 1.29 is 13.9 Å². The number of fused-ring (bicyclic) bond motifs is 1. The molecule has 1 aliphatic rings. The highest BCUT2D eigenvalue weighted by molar-refractivity contribution is 6.04. The number of carbonyl (C=O) groups excluding carboxylic acids is 1. The van der Waals surface area contributed by atoms with Crippen molar-refractivity contribution in [2.24, 2.45) is 0 Å². The highest BCUT2D eigenvalue weighted by Crippen LogP contribution is 2.25. The van der Waals surface area contributed by atoms with E-state index < -0.39 is 0 Å². The first kappa shape index (κ1) is 18.4. The van der Waals surface area contributed by atoms with E-state index in [1.54, 1.807) is 25.3 Å². The SMILES string of the molecule is COCc1ccc(C(=O)Nc2ccc3c(c2F)CCNC3)cc1.Cl. The molecule has 128 valence electrons. The molecule has 0 unspecified atom stereocenters. The number of halogens is 2. The van der Waals surface area contributed by atoms with Gasteiger partial charge in [0.25, 0.3) is 5.91 Å². The molecular weight excluding hydrogens is 331 g/mol. The second-order valence-corrected chi connectivity index (χ2v) is 5.58. The molecule has 0 saturated heterocycles. The minimum absolute atomic E-state index is 0. The number of carbonyl (C=O) groups is 1. The lowest BCUT2D eigenvalue weighted by atomic mass is 9.99. The van der Waals surface area contributed by atoms with E-state index in [2.05, 4.69) is 10.6 Å². The van der Waals surface area contributed by atoms with Gasteiger partial charge >= 0.3 is 0 Å². The van der Waals surface area contributed by atoms with E-state index in [-0.39, 0.29) is 29.8 Å². The molecule has 0 aromatic heterocycles. The van der Waals surface area contributed by atoms with Crippen LogP contribution < -0.4 is 10.6 Å². The Hall–Kier alpha value is -1.95. The Morgan fingerprint density at radius 1 is 1.25 bits per heavy atom. The molecule has 0 radical (unpaired) electrons. The third kappa shape index (κ3) is 3.93. The van der Waals surface area contributed by atoms with Crippen LogP contribution in [0.1, 0.15) is 27.0 Å². The third-order valence-electron chi connectivity index (χ3n) is 3.98. The van der Waals surface area contributed by atoms with Crippen molar-refractivity contribution in [3.05, 3.63) is 64.5 Å². The quantitative estimate of drug-likeness (QED) is 0.889. The van der Waals surface area contributed by atoms with Crippen LogP contribution in [-0.2, 0) is 24.3 Å². The smallest absolute Gasteiger partial charge is 0.255 e. The lowest BCUT2D eigenvalue weighted by Crippen LogP contribution is -2.25. The van der Waals surface area contributed by atoms with Crippen molar-refractivity contribution in [2.75, 3.05) is 19.0 Å². The number of hydrogen-bond donors (Lipinski definition) is 2. The molecule has 3 rings (SSSR count). The Bertz CT molecular complexity index is 720. The first-order chi connectivity index (χ1) is 11.2. The van der Waals surface area contributed by atoms with Gasteiger partial charge in [0.1, 0.15) is 5.82 Å². The van der Waals surface area contributed by atoms with E-state index in [0.29, 0.717) is 30.7 Å². The van der Waals surface area contributed by atoms with Gasteiger partial charge in [0, 0.05) is 19.2 Å². The van der Waals surface area contributed by atoms with Gasteiger partial charge in [-0.1, -0.05) is 18.2 Å². The van der Waals surface area contributed by atoms with Crippen LogP contribution in [0.2, 0.25) is 0 Å². The number of ether oxygens (including phenoxy) is 1. The number of nitrogens with one attached hydrogen (secondary N) is 2. The molecule has 1 amide bonds. The van der Waals surface area contributed by atoms with Gasteiger partial charge in [-0.3, -0.25) is 4.79 Å². The summed E-state index contributed by atoms with van der Waals surface area (Å²) in [7, 11) is 1.62. The monoisotopic (exact) mass is 350 g/mol. The van der Waals surface area contributed by atoms with E-state index in [1.807, 2.05) is 18.2 Å². The molecule has 1 heterocycles. The molecule has 0 bridgehead atoms. The molecule has 0 saturated carbocycles. The molecular formula is C18H20ClFN2O2. The maximum atomic E-state index is 14.5. The molecule has 1 aliphatic heterocycles. The van der Waals surface area contributed by atoms with E-state index >= 15 is 0 Å². The number of methoxy groups -OCH3 is 1. The Labute approximate surface area is 146 Å². The van der Waals surface area contributed by atoms with Gasteiger partial charge < -0.3 is 15.4 Å². The fraction of sp³-hybridized carbons (Fsp3) is 0.278. The van der Waals surface area contributed by atoms with Gasteiger partial charge in [0.15, 0.2) is 0 Å². The molecule has 0 fully saturated rings. The van der Waals surface area contributed by atoms with E-state index in [0.717, 1.165) is 17.7 Å². The molecule has 0 atom stereocenters. The molecule has 24 heavy (non-hydrogen) atoms. The van der Waals surface area contributed by atoms with Crippen molar-refractivity contribution in [3.8, 4) is 0 Å². The number of rotatable bonds is 4. The van der Waals surface area contributed by atoms with Gasteiger partial charge in [0.2, 0.25) is 0 Å². The number of anilines is 1. The van der Waals surface area contributed by atoms with Crippen LogP contribution in [0, 0.1) is 5.82 Å². The topological polar surface area (TPSA) is 50.4 Å². The third-order valence-corrected chi connectivity index (χ3v) is 3.98. The molecule has 2 aromatic carbocycles. The highest BCUT2D eigenvalue weighted by Gasteiger charge is 2.17. The van der Waals surface area contributed by atoms with Crippen LogP contribution in [-0.4, -0.2) is 19.6 Å². The van der Waals surface area contributed by atoms with Crippen molar-refractivity contribution in [1.82, 2.24) is 5.32 Å². The molecule has 0 aliphatic carbocycles. The fourth-order valence-corrected chi connectivity index (χ4v) is 2.74. The Morgan fingerprint density at radius 2 is 2.00 bits per heavy atom. The second-order valence-electron chi connectivity index (χ2n) is 5.58. The average Bonchev–Trinajstić information content (AvgIpc) is 2.58. The Kier molecular flexibility index (Phi) is 6.31. The molecule has 0 spiro atoms. The van der Waals surface area contributed by atoms with E-state index in [1.165, 1.54) is 0 Å². The van der Waals surface area contributed by atoms with Crippen molar-refractivity contribution in [2.45, 2.75) is 19.6 Å². The van der Waals surface area contributed by atoms with Gasteiger partial charge in [0.05, 0.1) is 12.3 Å². The summed E-state index contributed by atoms with van der Waals surface area (Å²) >= 11 is 0. The number of hydrogen-bond acceptors (Lipinski definition) is 3. The van der Waals surface area contributed by atoms with Crippen LogP contribution in [0.15, 0.2) is 36.4 Å². The van der Waals surface area contributed by atoms with E-state index in [9.17, 15) is 9.18 Å². The second kappa shape index (κ2) is 8.24. The molecule has 4 nitrogen and oxygen atoms in total. The van der Waals surface area contributed by atoms with Gasteiger partial charge in [-0.15, -0.1) is 12.4 Å². The standard InChI is InChI=1S/C18H19FN2O2.ClH/c1-23-11-12-2-4-13(5-3-12)18(22)21-16-7-6-14-10-20-9-8-15(14)17(16)19;/h2-7,20H,8-11H2,1H3,(H,21,22);1H. The predicted octanol–water partition coefficient (Wildman–Crippen LogP) is 3.29. The maximum absolute atomic E-state index is 14.5. The minimum Gasteiger partial charge on any atom is -0.380 e. The zero-order chi connectivity index (χ0) is 16.2. The Balaban J connectivity index is 0.00000208. The zero-order valence-corrected chi connectivity index (χ0v) is 14.2. The van der Waals surface area contributed by atoms with Crippen LogP contribution in [0.25, 0.3) is 0 Å². The number of amides is 1. The van der Waals surface area contributed by atoms with Gasteiger partial charge in [-0.2, -0.15) is 0 Å². The molecule has 6 heteroatoms. The lowest BCUT2D eigenvalue weighted by Gasteiger charge is -2.19. The minimum atomic E-state index is -0.326. The van der Waals surface area contributed by atoms with Crippen molar-refractivity contribution in [3.63, 3.8) is 0 Å².